The molecule has 0 radical (unpaired) electrons. The standard InChI is InChI=1S/C57H34N4O/c1-4-16-35(17-5-1)45-33-48-53(43-26-14-12-24-41(43)45)54-44-27-15-13-25-42(44)46(36-18-6-2-7-19-36)34-49(54)61(48)57-59-55(38-21-8-3-9-22-38)58-56(60-57)39-29-30-50-47(32-39)52-40-23-11-10-20-37(40)28-31-51(52)62-50/h1-34H. The van der Waals surface area contributed by atoms with E-state index in [1.165, 1.54) is 21.5 Å². The van der Waals surface area contributed by atoms with Gasteiger partial charge in [-0.25, -0.2) is 4.98 Å². The molecule has 0 amide bonds. The molecular formula is C57H34N4O. The summed E-state index contributed by atoms with van der Waals surface area (Å²) in [6, 6.07) is 72.7. The van der Waals surface area contributed by atoms with Gasteiger partial charge in [-0.15, -0.1) is 0 Å². The number of hydrogen-bond donors (Lipinski definition) is 0. The number of rotatable bonds is 5. The maximum atomic E-state index is 6.43. The number of hydrogen-bond acceptors (Lipinski definition) is 4. The molecule has 0 saturated heterocycles. The Labute approximate surface area is 355 Å². The zero-order valence-corrected chi connectivity index (χ0v) is 33.3. The summed E-state index contributed by atoms with van der Waals surface area (Å²) in [6.45, 7) is 0. The van der Waals surface area contributed by atoms with Crippen molar-refractivity contribution in [2.45, 2.75) is 0 Å². The van der Waals surface area contributed by atoms with Crippen molar-refractivity contribution >= 4 is 76.1 Å². The first-order chi connectivity index (χ1) is 30.7. The van der Waals surface area contributed by atoms with E-state index in [9.17, 15) is 0 Å². The lowest BCUT2D eigenvalue weighted by atomic mass is 9.92. The highest BCUT2D eigenvalue weighted by Crippen LogP contribution is 2.46. The van der Waals surface area contributed by atoms with Gasteiger partial charge in [0.1, 0.15) is 11.2 Å². The molecule has 0 fully saturated rings. The molecule has 0 N–H and O–H groups in total. The van der Waals surface area contributed by atoms with Gasteiger partial charge in [0.05, 0.1) is 11.0 Å². The first kappa shape index (κ1) is 34.5. The molecule has 3 aromatic heterocycles. The van der Waals surface area contributed by atoms with E-state index < -0.39 is 0 Å². The van der Waals surface area contributed by atoms with Crippen molar-refractivity contribution in [2.24, 2.45) is 0 Å². The van der Waals surface area contributed by atoms with Crippen molar-refractivity contribution in [1.82, 2.24) is 19.5 Å². The molecule has 0 unspecified atom stereocenters. The Morgan fingerprint density at radius 3 is 1.40 bits per heavy atom. The van der Waals surface area contributed by atoms with Crippen LogP contribution in [-0.4, -0.2) is 19.5 Å². The number of fused-ring (bicyclic) bond motifs is 12. The van der Waals surface area contributed by atoms with Crippen LogP contribution in [0.3, 0.4) is 0 Å². The third kappa shape index (κ3) is 5.25. The van der Waals surface area contributed by atoms with Crippen LogP contribution >= 0.6 is 0 Å². The summed E-state index contributed by atoms with van der Waals surface area (Å²) in [7, 11) is 0. The molecule has 0 aliphatic rings. The van der Waals surface area contributed by atoms with Crippen LogP contribution in [0.1, 0.15) is 0 Å². The lowest BCUT2D eigenvalue weighted by Crippen LogP contribution is -2.06. The zero-order chi connectivity index (χ0) is 40.7. The van der Waals surface area contributed by atoms with E-state index in [4.69, 9.17) is 19.4 Å². The average molecular weight is 791 g/mol. The van der Waals surface area contributed by atoms with Crippen molar-refractivity contribution in [1.29, 1.82) is 0 Å². The van der Waals surface area contributed by atoms with Crippen LogP contribution in [-0.2, 0) is 0 Å². The van der Waals surface area contributed by atoms with Crippen LogP contribution in [0.15, 0.2) is 211 Å². The van der Waals surface area contributed by atoms with Gasteiger partial charge in [0.15, 0.2) is 11.6 Å². The Kier molecular flexibility index (Phi) is 7.54. The highest BCUT2D eigenvalue weighted by molar-refractivity contribution is 6.31. The van der Waals surface area contributed by atoms with Crippen molar-refractivity contribution < 1.29 is 4.42 Å². The number of benzene rings is 10. The Hall–Kier alpha value is -8.41. The van der Waals surface area contributed by atoms with Gasteiger partial charge in [0.2, 0.25) is 5.95 Å². The molecule has 62 heavy (non-hydrogen) atoms. The highest BCUT2D eigenvalue weighted by Gasteiger charge is 2.24. The fourth-order valence-corrected chi connectivity index (χ4v) is 9.65. The highest BCUT2D eigenvalue weighted by atomic mass is 16.3. The summed E-state index contributed by atoms with van der Waals surface area (Å²) in [4.78, 5) is 16.1. The molecule has 13 aromatic rings. The van der Waals surface area contributed by atoms with Crippen molar-refractivity contribution in [3.8, 4) is 51.0 Å². The minimum atomic E-state index is 0.542. The molecule has 3 heterocycles. The molecule has 13 rings (SSSR count). The van der Waals surface area contributed by atoms with Crippen LogP contribution in [0.4, 0.5) is 0 Å². The van der Waals surface area contributed by atoms with E-state index in [-0.39, 0.29) is 0 Å². The lowest BCUT2D eigenvalue weighted by molar-refractivity contribution is 0.669. The summed E-state index contributed by atoms with van der Waals surface area (Å²) in [5.41, 5.74) is 10.1. The molecule has 0 saturated carbocycles. The number of aromatic nitrogens is 4. The molecule has 0 aliphatic carbocycles. The molecule has 0 aliphatic heterocycles. The van der Waals surface area contributed by atoms with Crippen LogP contribution in [0, 0.1) is 0 Å². The molecule has 10 aromatic carbocycles. The van der Waals surface area contributed by atoms with Gasteiger partial charge in [-0.05, 0) is 91.0 Å². The van der Waals surface area contributed by atoms with Crippen molar-refractivity contribution in [3.05, 3.63) is 206 Å². The van der Waals surface area contributed by atoms with Gasteiger partial charge in [-0.3, -0.25) is 4.57 Å². The van der Waals surface area contributed by atoms with Crippen molar-refractivity contribution in [2.75, 3.05) is 0 Å². The summed E-state index contributed by atoms with van der Waals surface area (Å²) < 4.78 is 8.71. The molecule has 5 heteroatoms. The van der Waals surface area contributed by atoms with Crippen LogP contribution < -0.4 is 0 Å². The number of furan rings is 1. The quantitative estimate of drug-likeness (QED) is 0.174. The Balaban J connectivity index is 1.18. The van der Waals surface area contributed by atoms with E-state index in [1.54, 1.807) is 0 Å². The monoisotopic (exact) mass is 790 g/mol. The second-order valence-corrected chi connectivity index (χ2v) is 15.9. The van der Waals surface area contributed by atoms with Gasteiger partial charge in [-0.1, -0.05) is 170 Å². The molecule has 288 valence electrons. The average Bonchev–Trinajstić information content (AvgIpc) is 3.90. The molecule has 0 bridgehead atoms. The predicted molar refractivity (Wildman–Crippen MR) is 256 cm³/mol. The van der Waals surface area contributed by atoms with E-state index in [1.807, 2.05) is 24.3 Å². The smallest absolute Gasteiger partial charge is 0.238 e. The summed E-state index contributed by atoms with van der Waals surface area (Å²) in [5.74, 6) is 1.71. The number of nitrogens with zero attached hydrogens (tertiary/aromatic N) is 4. The van der Waals surface area contributed by atoms with Gasteiger partial charge < -0.3 is 4.42 Å². The fourth-order valence-electron chi connectivity index (χ4n) is 9.65. The Bertz CT molecular complexity index is 3770. The van der Waals surface area contributed by atoms with Gasteiger partial charge in [0.25, 0.3) is 0 Å². The largest absolute Gasteiger partial charge is 0.456 e. The zero-order valence-electron chi connectivity index (χ0n) is 33.3. The molecular weight excluding hydrogens is 757 g/mol. The molecule has 0 atom stereocenters. The third-order valence-corrected chi connectivity index (χ3v) is 12.4. The van der Waals surface area contributed by atoms with Crippen LogP contribution in [0.2, 0.25) is 0 Å². The second kappa shape index (κ2) is 13.6. The first-order valence-electron chi connectivity index (χ1n) is 20.9. The summed E-state index contributed by atoms with van der Waals surface area (Å²) in [5, 5.41) is 11.5. The Morgan fingerprint density at radius 2 is 0.806 bits per heavy atom. The third-order valence-electron chi connectivity index (χ3n) is 12.4. The SMILES string of the molecule is c1ccc(-c2nc(-c3ccc4oc5ccc6ccccc6c5c4c3)nc(-n3c4cc(-c5ccccc5)c5ccccc5c4c4c5ccccc5c(-c5ccccc5)cc43)n2)cc1. The van der Waals surface area contributed by atoms with E-state index in [0.29, 0.717) is 17.6 Å². The lowest BCUT2D eigenvalue weighted by Gasteiger charge is -2.13. The van der Waals surface area contributed by atoms with Crippen LogP contribution in [0.25, 0.3) is 127 Å². The van der Waals surface area contributed by atoms with Crippen molar-refractivity contribution in [3.63, 3.8) is 0 Å². The van der Waals surface area contributed by atoms with Gasteiger partial charge in [0, 0.05) is 32.7 Å². The Morgan fingerprint density at radius 1 is 0.323 bits per heavy atom. The molecule has 0 spiro atoms. The maximum Gasteiger partial charge on any atom is 0.238 e. The van der Waals surface area contributed by atoms with E-state index >= 15 is 0 Å². The maximum absolute atomic E-state index is 6.43. The van der Waals surface area contributed by atoms with Gasteiger partial charge in [-0.2, -0.15) is 9.97 Å². The summed E-state index contributed by atoms with van der Waals surface area (Å²) in [6.07, 6.45) is 0. The normalized spacial score (nSPS) is 11.9. The topological polar surface area (TPSA) is 56.7 Å². The first-order valence-corrected chi connectivity index (χ1v) is 20.9. The minimum absolute atomic E-state index is 0.542. The van der Waals surface area contributed by atoms with Gasteiger partial charge >= 0.3 is 0 Å². The van der Waals surface area contributed by atoms with E-state index in [0.717, 1.165) is 87.9 Å². The predicted octanol–water partition coefficient (Wildman–Crippen LogP) is 15.0. The second-order valence-electron chi connectivity index (χ2n) is 15.9. The molecule has 5 nitrogen and oxygen atoms in total. The minimum Gasteiger partial charge on any atom is -0.456 e. The van der Waals surface area contributed by atoms with E-state index in [2.05, 4.69) is 187 Å². The summed E-state index contributed by atoms with van der Waals surface area (Å²) >= 11 is 0. The van der Waals surface area contributed by atoms with Crippen LogP contribution in [0.5, 0.6) is 0 Å². The fraction of sp³-hybridized carbons (Fsp3) is 0.